The van der Waals surface area contributed by atoms with Gasteiger partial charge >= 0.3 is 0 Å². The lowest BCUT2D eigenvalue weighted by Crippen LogP contribution is -1.95. The van der Waals surface area contributed by atoms with Gasteiger partial charge in [-0.2, -0.15) is 0 Å². The molecule has 0 aliphatic rings. The summed E-state index contributed by atoms with van der Waals surface area (Å²) in [5.74, 6) is 1.40. The number of aromatic nitrogens is 6. The molecule has 0 atom stereocenters. The molecule has 15 aromatic rings. The van der Waals surface area contributed by atoms with Crippen molar-refractivity contribution in [2.24, 2.45) is 0 Å². The van der Waals surface area contributed by atoms with Gasteiger partial charge in [-0.3, -0.25) is 0 Å². The summed E-state index contributed by atoms with van der Waals surface area (Å²) in [4.78, 5) is 19.9. The van der Waals surface area contributed by atoms with Crippen molar-refractivity contribution in [3.05, 3.63) is 243 Å². The van der Waals surface area contributed by atoms with E-state index in [0.29, 0.717) is 11.6 Å². The average Bonchev–Trinajstić information content (AvgIpc) is 3.96. The average molecular weight is 917 g/mol. The third kappa shape index (κ3) is 6.22. The van der Waals surface area contributed by atoms with Gasteiger partial charge in [0.1, 0.15) is 0 Å². The number of hydrogen-bond donors (Lipinski definition) is 0. The van der Waals surface area contributed by atoms with Gasteiger partial charge in [0.15, 0.2) is 11.6 Å². The summed E-state index contributed by atoms with van der Waals surface area (Å²) in [5.41, 5.74) is 12.9. The Hall–Kier alpha value is -9.78. The molecule has 0 radical (unpaired) electrons. The zero-order valence-corrected chi connectivity index (χ0v) is 38.8. The molecule has 11 aromatic carbocycles. The number of fused-ring (bicyclic) bond motifs is 12. The second-order valence-electron chi connectivity index (χ2n) is 18.7. The molecule has 0 N–H and O–H groups in total. The summed E-state index contributed by atoms with van der Waals surface area (Å²) in [6, 6.07) is 78.4. The number of benzene rings is 11. The van der Waals surface area contributed by atoms with Gasteiger partial charge in [0.05, 0.1) is 22.1 Å². The molecular weight excluding hydrogens is 877 g/mol. The topological polar surface area (TPSA) is 61.4 Å². The van der Waals surface area contributed by atoms with Crippen LogP contribution < -0.4 is 0 Å². The summed E-state index contributed by atoms with van der Waals surface area (Å²) in [5, 5.41) is 14.0. The van der Waals surface area contributed by atoms with Crippen molar-refractivity contribution >= 4 is 86.7 Å². The van der Waals surface area contributed by atoms with Gasteiger partial charge < -0.3 is 9.13 Å². The SMILES string of the molecule is c1ccc(-c2ncc(-c3cc4cc5c(cc(-c6cnc(-c7ccccc7)nc6)c6cc7c(cc65)c5ccccc5n7-c5ccccc5)cc4c4cc5c6ccccc6n(-c6ccccc6)c5cc34)cn2)cc1. The van der Waals surface area contributed by atoms with Crippen molar-refractivity contribution < 1.29 is 0 Å². The Morgan fingerprint density at radius 2 is 0.597 bits per heavy atom. The molecule has 72 heavy (non-hydrogen) atoms. The number of rotatable bonds is 6. The van der Waals surface area contributed by atoms with Crippen LogP contribution in [-0.2, 0) is 0 Å². The Kier molecular flexibility index (Phi) is 8.86. The zero-order chi connectivity index (χ0) is 47.3. The van der Waals surface area contributed by atoms with Gasteiger partial charge in [0, 0.05) is 80.0 Å². The minimum Gasteiger partial charge on any atom is -0.309 e. The van der Waals surface area contributed by atoms with E-state index in [1.165, 1.54) is 43.1 Å². The first-order valence-electron chi connectivity index (χ1n) is 24.3. The summed E-state index contributed by atoms with van der Waals surface area (Å²) < 4.78 is 4.79. The lowest BCUT2D eigenvalue weighted by Gasteiger charge is -2.16. The molecule has 0 unspecified atom stereocenters. The maximum Gasteiger partial charge on any atom is 0.159 e. The minimum absolute atomic E-state index is 0.698. The van der Waals surface area contributed by atoms with E-state index in [1.807, 2.05) is 61.2 Å². The minimum atomic E-state index is 0.698. The molecule has 0 aliphatic heterocycles. The molecule has 334 valence electrons. The Morgan fingerprint density at radius 1 is 0.236 bits per heavy atom. The first kappa shape index (κ1) is 40.1. The standard InChI is InChI=1S/C66H40N6/c1-5-17-41(18-6-1)65-67-37-45(38-68-65)53-31-43-29-52-44(30-51(43)55-33-59-49-25-13-15-27-61(49)71(63(59)35-57(53)55)47-21-9-3-10-22-47)32-54(46-39-69-66(70-40-46)42-19-7-2-8-20-42)58-36-64-60(34-56(52)58)50-26-14-16-28-62(50)72(64)48-23-11-4-12-24-48/h1-40H. The predicted octanol–water partition coefficient (Wildman–Crippen LogP) is 16.7. The van der Waals surface area contributed by atoms with Gasteiger partial charge in [-0.1, -0.05) is 133 Å². The molecule has 15 rings (SSSR count). The van der Waals surface area contributed by atoms with Crippen molar-refractivity contribution in [3.8, 4) is 56.4 Å². The smallest absolute Gasteiger partial charge is 0.159 e. The van der Waals surface area contributed by atoms with Gasteiger partial charge in [0.25, 0.3) is 0 Å². The lowest BCUT2D eigenvalue weighted by atomic mass is 9.88. The van der Waals surface area contributed by atoms with Crippen molar-refractivity contribution in [1.29, 1.82) is 0 Å². The van der Waals surface area contributed by atoms with Gasteiger partial charge in [-0.15, -0.1) is 0 Å². The van der Waals surface area contributed by atoms with E-state index in [1.54, 1.807) is 0 Å². The molecule has 0 saturated carbocycles. The van der Waals surface area contributed by atoms with E-state index >= 15 is 0 Å². The van der Waals surface area contributed by atoms with Crippen LogP contribution in [0.4, 0.5) is 0 Å². The van der Waals surface area contributed by atoms with Crippen molar-refractivity contribution in [1.82, 2.24) is 29.1 Å². The quantitative estimate of drug-likeness (QED) is 0.123. The summed E-state index contributed by atoms with van der Waals surface area (Å²) in [7, 11) is 0. The fourth-order valence-corrected chi connectivity index (χ4v) is 11.3. The normalized spacial score (nSPS) is 11.9. The second kappa shape index (κ2) is 15.9. The fourth-order valence-electron chi connectivity index (χ4n) is 11.3. The number of para-hydroxylation sites is 4. The highest BCUT2D eigenvalue weighted by Crippen LogP contribution is 2.46. The van der Waals surface area contributed by atoms with Crippen molar-refractivity contribution in [3.63, 3.8) is 0 Å². The second-order valence-corrected chi connectivity index (χ2v) is 18.7. The number of hydrogen-bond acceptors (Lipinski definition) is 4. The van der Waals surface area contributed by atoms with Crippen LogP contribution in [0.2, 0.25) is 0 Å². The Balaban J connectivity index is 1.05. The molecule has 6 heteroatoms. The maximum atomic E-state index is 4.98. The largest absolute Gasteiger partial charge is 0.309 e. The van der Waals surface area contributed by atoms with E-state index in [2.05, 4.69) is 191 Å². The zero-order valence-electron chi connectivity index (χ0n) is 38.8. The lowest BCUT2D eigenvalue weighted by molar-refractivity contribution is 1.18. The highest BCUT2D eigenvalue weighted by Gasteiger charge is 2.21. The van der Waals surface area contributed by atoms with E-state index in [-0.39, 0.29) is 0 Å². The van der Waals surface area contributed by atoms with Gasteiger partial charge in [-0.25, -0.2) is 19.9 Å². The van der Waals surface area contributed by atoms with Crippen LogP contribution in [0.25, 0.3) is 143 Å². The van der Waals surface area contributed by atoms with Crippen LogP contribution in [0.1, 0.15) is 0 Å². The van der Waals surface area contributed by atoms with Crippen LogP contribution in [-0.4, -0.2) is 29.1 Å². The summed E-state index contributed by atoms with van der Waals surface area (Å²) >= 11 is 0. The molecule has 0 spiro atoms. The molecular formula is C66H40N6. The van der Waals surface area contributed by atoms with Crippen molar-refractivity contribution in [2.75, 3.05) is 0 Å². The Morgan fingerprint density at radius 3 is 1.00 bits per heavy atom. The monoisotopic (exact) mass is 916 g/mol. The molecule has 0 aliphatic carbocycles. The Labute approximate surface area is 413 Å². The molecule has 4 aromatic heterocycles. The molecule has 0 saturated heterocycles. The van der Waals surface area contributed by atoms with Crippen LogP contribution in [0.5, 0.6) is 0 Å². The third-order valence-corrected chi connectivity index (χ3v) is 14.6. The van der Waals surface area contributed by atoms with Gasteiger partial charge in [-0.05, 0) is 139 Å². The summed E-state index contributed by atoms with van der Waals surface area (Å²) in [6.45, 7) is 0. The van der Waals surface area contributed by atoms with E-state index in [4.69, 9.17) is 19.9 Å². The Bertz CT molecular complexity index is 4320. The van der Waals surface area contributed by atoms with E-state index in [9.17, 15) is 0 Å². The highest BCUT2D eigenvalue weighted by molar-refractivity contribution is 6.27. The van der Waals surface area contributed by atoms with Crippen LogP contribution in [0.15, 0.2) is 243 Å². The molecule has 6 nitrogen and oxygen atoms in total. The molecule has 4 heterocycles. The maximum absolute atomic E-state index is 4.98. The fraction of sp³-hybridized carbons (Fsp3) is 0. The first-order valence-corrected chi connectivity index (χ1v) is 24.3. The van der Waals surface area contributed by atoms with Crippen LogP contribution >= 0.6 is 0 Å². The third-order valence-electron chi connectivity index (χ3n) is 14.6. The van der Waals surface area contributed by atoms with Gasteiger partial charge in [0.2, 0.25) is 0 Å². The first-order chi connectivity index (χ1) is 35.7. The molecule has 0 fully saturated rings. The van der Waals surface area contributed by atoms with E-state index in [0.717, 1.165) is 88.4 Å². The predicted molar refractivity (Wildman–Crippen MR) is 298 cm³/mol. The van der Waals surface area contributed by atoms with Crippen LogP contribution in [0, 0.1) is 0 Å². The molecule has 0 amide bonds. The van der Waals surface area contributed by atoms with Crippen molar-refractivity contribution in [2.45, 2.75) is 0 Å². The van der Waals surface area contributed by atoms with E-state index < -0.39 is 0 Å². The highest BCUT2D eigenvalue weighted by atomic mass is 15.0. The summed E-state index contributed by atoms with van der Waals surface area (Å²) in [6.07, 6.45) is 7.94. The molecule has 0 bridgehead atoms. The number of nitrogens with zero attached hydrogens (tertiary/aromatic N) is 6. The van der Waals surface area contributed by atoms with Crippen LogP contribution in [0.3, 0.4) is 0 Å².